The van der Waals surface area contributed by atoms with E-state index in [9.17, 15) is 15.2 Å². The van der Waals surface area contributed by atoms with Gasteiger partial charge in [-0.05, 0) is 63.1 Å². The molecule has 9 nitrogen and oxygen atoms in total. The van der Waals surface area contributed by atoms with E-state index < -0.39 is 5.97 Å². The van der Waals surface area contributed by atoms with Gasteiger partial charge in [-0.3, -0.25) is 4.57 Å². The van der Waals surface area contributed by atoms with Crippen LogP contribution < -0.4 is 4.74 Å². The van der Waals surface area contributed by atoms with Crippen molar-refractivity contribution in [2.24, 2.45) is 0 Å². The van der Waals surface area contributed by atoms with Gasteiger partial charge < -0.3 is 14.4 Å². The van der Waals surface area contributed by atoms with Gasteiger partial charge in [0.1, 0.15) is 23.2 Å². The number of hydrogen-bond acceptors (Lipinski definition) is 7. The Morgan fingerprint density at radius 3 is 2.73 bits per heavy atom. The van der Waals surface area contributed by atoms with Gasteiger partial charge in [-0.2, -0.15) is 5.26 Å². The van der Waals surface area contributed by atoms with Gasteiger partial charge in [0, 0.05) is 46.2 Å². The van der Waals surface area contributed by atoms with Crippen molar-refractivity contribution >= 4 is 17.0 Å². The molecule has 1 aliphatic carbocycles. The SMILES string of the molecule is Cc1noc(C)c1-c1cnc2c(c1)c(-c1ccc(C(=O)O)cc1OC1CC1)cn2-c1ncccc1C#N. The van der Waals surface area contributed by atoms with Crippen molar-refractivity contribution in [3.05, 3.63) is 77.6 Å². The summed E-state index contributed by atoms with van der Waals surface area (Å²) in [6.45, 7) is 3.73. The maximum atomic E-state index is 11.7. The van der Waals surface area contributed by atoms with Crippen LogP contribution in [0.1, 0.15) is 40.2 Å². The van der Waals surface area contributed by atoms with E-state index in [-0.39, 0.29) is 11.7 Å². The highest BCUT2D eigenvalue weighted by molar-refractivity contribution is 6.00. The topological polar surface area (TPSA) is 127 Å². The Hall–Kier alpha value is -4.97. The second-order valence-electron chi connectivity index (χ2n) is 9.03. The molecule has 4 aromatic heterocycles. The number of hydrogen-bond donors (Lipinski definition) is 1. The number of ether oxygens (including phenoxy) is 1. The lowest BCUT2D eigenvalue weighted by Gasteiger charge is -2.12. The molecular weight excluding hydrogens is 470 g/mol. The fourth-order valence-electron chi connectivity index (χ4n) is 4.53. The Kier molecular flexibility index (Phi) is 5.23. The number of fused-ring (bicyclic) bond motifs is 1. The number of aryl methyl sites for hydroxylation is 2. The Labute approximate surface area is 211 Å². The third-order valence-corrected chi connectivity index (χ3v) is 6.44. The van der Waals surface area contributed by atoms with Crippen LogP contribution in [0.4, 0.5) is 0 Å². The maximum absolute atomic E-state index is 11.7. The summed E-state index contributed by atoms with van der Waals surface area (Å²) in [5, 5.41) is 24.2. The van der Waals surface area contributed by atoms with Crippen molar-refractivity contribution < 1.29 is 19.2 Å². The Morgan fingerprint density at radius 1 is 1.19 bits per heavy atom. The van der Waals surface area contributed by atoms with Gasteiger partial charge in [0.2, 0.25) is 0 Å². The number of aromatic carboxylic acids is 1. The highest BCUT2D eigenvalue weighted by atomic mass is 16.5. The summed E-state index contributed by atoms with van der Waals surface area (Å²) in [6.07, 6.45) is 7.16. The lowest BCUT2D eigenvalue weighted by Crippen LogP contribution is -2.02. The van der Waals surface area contributed by atoms with E-state index in [1.54, 1.807) is 47.3 Å². The first-order valence-corrected chi connectivity index (χ1v) is 11.8. The first-order chi connectivity index (χ1) is 17.9. The van der Waals surface area contributed by atoms with E-state index in [0.29, 0.717) is 28.5 Å². The molecule has 0 aliphatic heterocycles. The van der Waals surface area contributed by atoms with E-state index in [1.807, 2.05) is 26.1 Å². The fourth-order valence-corrected chi connectivity index (χ4v) is 4.53. The molecule has 0 saturated heterocycles. The molecule has 0 amide bonds. The molecule has 0 radical (unpaired) electrons. The lowest BCUT2D eigenvalue weighted by atomic mass is 10.00. The minimum atomic E-state index is -1.02. The van der Waals surface area contributed by atoms with Crippen LogP contribution in [0.15, 0.2) is 59.5 Å². The average molecular weight is 492 g/mol. The van der Waals surface area contributed by atoms with Crippen LogP contribution in [0.25, 0.3) is 39.1 Å². The molecule has 37 heavy (non-hydrogen) atoms. The van der Waals surface area contributed by atoms with E-state index in [0.717, 1.165) is 46.2 Å². The summed E-state index contributed by atoms with van der Waals surface area (Å²) in [7, 11) is 0. The second kappa shape index (κ2) is 8.60. The molecule has 0 bridgehead atoms. The molecule has 9 heteroatoms. The third-order valence-electron chi connectivity index (χ3n) is 6.44. The molecule has 6 rings (SSSR count). The van der Waals surface area contributed by atoms with Crippen molar-refractivity contribution in [3.63, 3.8) is 0 Å². The molecular formula is C28H21N5O4. The zero-order valence-electron chi connectivity index (χ0n) is 20.1. The van der Waals surface area contributed by atoms with Gasteiger partial charge in [-0.15, -0.1) is 0 Å². The first kappa shape index (κ1) is 22.5. The van der Waals surface area contributed by atoms with Crippen LogP contribution in [-0.2, 0) is 0 Å². The number of benzene rings is 1. The van der Waals surface area contributed by atoms with Gasteiger partial charge in [0.15, 0.2) is 5.82 Å². The number of aromatic nitrogens is 4. The number of nitriles is 1. The van der Waals surface area contributed by atoms with Crippen molar-refractivity contribution in [1.82, 2.24) is 19.7 Å². The number of carbonyl (C=O) groups is 1. The van der Waals surface area contributed by atoms with Crippen molar-refractivity contribution in [1.29, 1.82) is 5.26 Å². The van der Waals surface area contributed by atoms with Crippen molar-refractivity contribution in [2.75, 3.05) is 0 Å². The van der Waals surface area contributed by atoms with Gasteiger partial charge in [0.25, 0.3) is 0 Å². The van der Waals surface area contributed by atoms with Crippen LogP contribution in [0.2, 0.25) is 0 Å². The summed E-state index contributed by atoms with van der Waals surface area (Å²) >= 11 is 0. The predicted molar refractivity (Wildman–Crippen MR) is 135 cm³/mol. The summed E-state index contributed by atoms with van der Waals surface area (Å²) in [5.41, 5.74) is 5.09. The Morgan fingerprint density at radius 2 is 2.03 bits per heavy atom. The molecule has 1 aliphatic rings. The highest BCUT2D eigenvalue weighted by Gasteiger charge is 2.27. The molecule has 4 heterocycles. The molecule has 0 unspecified atom stereocenters. The monoisotopic (exact) mass is 491 g/mol. The van der Waals surface area contributed by atoms with Crippen molar-refractivity contribution in [3.8, 4) is 39.9 Å². The number of nitrogens with zero attached hydrogens (tertiary/aromatic N) is 5. The molecule has 1 N–H and O–H groups in total. The van der Waals surface area contributed by atoms with Crippen LogP contribution in [0, 0.1) is 25.2 Å². The molecule has 0 atom stereocenters. The van der Waals surface area contributed by atoms with Crippen molar-refractivity contribution in [2.45, 2.75) is 32.8 Å². The molecule has 182 valence electrons. The third kappa shape index (κ3) is 3.89. The van der Waals surface area contributed by atoms with E-state index >= 15 is 0 Å². The van der Waals surface area contributed by atoms with E-state index in [2.05, 4.69) is 16.2 Å². The Balaban J connectivity index is 1.64. The average Bonchev–Trinajstić information content (AvgIpc) is 3.55. The molecule has 5 aromatic rings. The van der Waals surface area contributed by atoms with Gasteiger partial charge in [0.05, 0.1) is 22.9 Å². The van der Waals surface area contributed by atoms with Crippen LogP contribution in [-0.4, -0.2) is 36.9 Å². The predicted octanol–water partition coefficient (Wildman–Crippen LogP) is 5.47. The summed E-state index contributed by atoms with van der Waals surface area (Å²) in [5.74, 6) is 0.597. The summed E-state index contributed by atoms with van der Waals surface area (Å²) in [4.78, 5) is 20.9. The number of rotatable bonds is 6. The van der Waals surface area contributed by atoms with Crippen LogP contribution >= 0.6 is 0 Å². The molecule has 1 aromatic carbocycles. The number of carboxylic acid groups (broad SMARTS) is 1. The number of pyridine rings is 2. The molecule has 0 spiro atoms. The maximum Gasteiger partial charge on any atom is 0.335 e. The van der Waals surface area contributed by atoms with Gasteiger partial charge >= 0.3 is 5.97 Å². The second-order valence-corrected chi connectivity index (χ2v) is 9.03. The smallest absolute Gasteiger partial charge is 0.335 e. The zero-order valence-corrected chi connectivity index (χ0v) is 20.1. The molecule has 1 saturated carbocycles. The minimum Gasteiger partial charge on any atom is -0.490 e. The highest BCUT2D eigenvalue weighted by Crippen LogP contribution is 2.41. The summed E-state index contributed by atoms with van der Waals surface area (Å²) in [6, 6.07) is 12.5. The summed E-state index contributed by atoms with van der Waals surface area (Å²) < 4.78 is 13.3. The van der Waals surface area contributed by atoms with Gasteiger partial charge in [-0.1, -0.05) is 5.16 Å². The van der Waals surface area contributed by atoms with E-state index in [4.69, 9.17) is 14.2 Å². The standard InChI is InChI=1S/C28H21N5O4/c1-15-25(16(2)37-32-15)19-10-22-23(21-8-5-17(28(34)35)11-24(21)36-20-6-7-20)14-33(27(22)31-13-19)26-18(12-29)4-3-9-30-26/h3-5,8-11,13-14,20H,6-7H2,1-2H3,(H,34,35). The Bertz CT molecular complexity index is 1720. The lowest BCUT2D eigenvalue weighted by molar-refractivity contribution is 0.0696. The van der Waals surface area contributed by atoms with Gasteiger partial charge in [-0.25, -0.2) is 14.8 Å². The quantitative estimate of drug-likeness (QED) is 0.331. The largest absolute Gasteiger partial charge is 0.490 e. The normalized spacial score (nSPS) is 13.0. The fraction of sp³-hybridized carbons (Fsp3) is 0.179. The zero-order chi connectivity index (χ0) is 25.7. The van der Waals surface area contributed by atoms with Crippen LogP contribution in [0.5, 0.6) is 5.75 Å². The van der Waals surface area contributed by atoms with Crippen LogP contribution in [0.3, 0.4) is 0 Å². The molecule has 1 fully saturated rings. The minimum absolute atomic E-state index is 0.0631. The van der Waals surface area contributed by atoms with E-state index in [1.165, 1.54) is 0 Å². The first-order valence-electron chi connectivity index (χ1n) is 11.8. The number of carboxylic acids is 1.